The van der Waals surface area contributed by atoms with Gasteiger partial charge in [0.1, 0.15) is 5.82 Å². The van der Waals surface area contributed by atoms with Gasteiger partial charge in [0.25, 0.3) is 0 Å². The Balaban J connectivity index is 1.91. The molecule has 2 N–H and O–H groups in total. The number of rotatable bonds is 3. The molecule has 6 heteroatoms. The zero-order valence-electron chi connectivity index (χ0n) is 11.3. The predicted octanol–water partition coefficient (Wildman–Crippen LogP) is 3.10. The normalized spacial score (nSPS) is 21.8. The number of carbonyl (C=O) groups excluding carboxylic acids is 1. The Morgan fingerprint density at radius 1 is 1.55 bits per heavy atom. The predicted molar refractivity (Wildman–Crippen MR) is 76.4 cm³/mol. The lowest BCUT2D eigenvalue weighted by Crippen LogP contribution is -2.37. The van der Waals surface area contributed by atoms with E-state index >= 15 is 0 Å². The molecule has 1 saturated carbocycles. The van der Waals surface area contributed by atoms with Crippen LogP contribution in [0.4, 0.5) is 14.9 Å². The summed E-state index contributed by atoms with van der Waals surface area (Å²) < 4.78 is 13.0. The van der Waals surface area contributed by atoms with Crippen LogP contribution in [0.3, 0.4) is 0 Å². The fourth-order valence-electron chi connectivity index (χ4n) is 2.46. The van der Waals surface area contributed by atoms with Gasteiger partial charge < -0.3 is 15.3 Å². The smallest absolute Gasteiger partial charge is 0.321 e. The number of amides is 2. The molecule has 0 aromatic heterocycles. The molecule has 0 aliphatic heterocycles. The molecule has 1 aliphatic carbocycles. The summed E-state index contributed by atoms with van der Waals surface area (Å²) >= 11 is 5.66. The summed E-state index contributed by atoms with van der Waals surface area (Å²) in [5.74, 6) is -0.394. The van der Waals surface area contributed by atoms with Crippen molar-refractivity contribution in [3.05, 3.63) is 29.0 Å². The molecular weight excluding hydrogens is 283 g/mol. The first-order valence-corrected chi connectivity index (χ1v) is 7.00. The summed E-state index contributed by atoms with van der Waals surface area (Å²) in [6, 6.07) is 3.73. The fourth-order valence-corrected chi connectivity index (χ4v) is 2.64. The Hall–Kier alpha value is -1.33. The van der Waals surface area contributed by atoms with E-state index in [0.29, 0.717) is 12.2 Å². The van der Waals surface area contributed by atoms with Gasteiger partial charge in [-0.1, -0.05) is 18.0 Å². The first-order chi connectivity index (χ1) is 9.47. The molecule has 0 heterocycles. The van der Waals surface area contributed by atoms with Gasteiger partial charge in [-0.2, -0.15) is 0 Å². The van der Waals surface area contributed by atoms with Crippen LogP contribution < -0.4 is 5.32 Å². The van der Waals surface area contributed by atoms with Crippen molar-refractivity contribution in [1.82, 2.24) is 4.90 Å². The van der Waals surface area contributed by atoms with Gasteiger partial charge in [0.15, 0.2) is 0 Å². The minimum atomic E-state index is -0.521. The molecule has 1 aromatic carbocycles. The molecule has 2 rings (SSSR count). The number of hydrogen-bond acceptors (Lipinski definition) is 2. The number of nitrogens with zero attached hydrogens (tertiary/aromatic N) is 1. The molecule has 20 heavy (non-hydrogen) atoms. The van der Waals surface area contributed by atoms with Gasteiger partial charge in [0.2, 0.25) is 0 Å². The van der Waals surface area contributed by atoms with E-state index in [2.05, 4.69) is 5.32 Å². The van der Waals surface area contributed by atoms with E-state index in [1.165, 1.54) is 23.1 Å². The molecular formula is C14H18ClFN2O2. The summed E-state index contributed by atoms with van der Waals surface area (Å²) in [4.78, 5) is 13.5. The standard InChI is InChI=1S/C14H18ClFN2O2/c1-18(8-9-3-2-4-13(9)19)14(20)17-10-5-6-12(16)11(15)7-10/h5-7,9,13,19H,2-4,8H2,1H3,(H,17,20). The molecule has 2 unspecified atom stereocenters. The Bertz CT molecular complexity index is 498. The average molecular weight is 301 g/mol. The number of benzene rings is 1. The van der Waals surface area contributed by atoms with E-state index in [1.54, 1.807) is 7.05 Å². The van der Waals surface area contributed by atoms with Gasteiger partial charge in [-0.3, -0.25) is 0 Å². The monoisotopic (exact) mass is 300 g/mol. The van der Waals surface area contributed by atoms with Gasteiger partial charge in [-0.25, -0.2) is 9.18 Å². The van der Waals surface area contributed by atoms with Crippen LogP contribution in [0.5, 0.6) is 0 Å². The van der Waals surface area contributed by atoms with Crippen LogP contribution in [-0.4, -0.2) is 35.7 Å². The van der Waals surface area contributed by atoms with E-state index in [4.69, 9.17) is 11.6 Å². The summed E-state index contributed by atoms with van der Waals surface area (Å²) in [5.41, 5.74) is 0.445. The minimum absolute atomic E-state index is 0.0309. The van der Waals surface area contributed by atoms with Gasteiger partial charge >= 0.3 is 6.03 Å². The van der Waals surface area contributed by atoms with Gasteiger partial charge in [0.05, 0.1) is 11.1 Å². The van der Waals surface area contributed by atoms with Crippen molar-refractivity contribution in [1.29, 1.82) is 0 Å². The molecule has 4 nitrogen and oxygen atoms in total. The topological polar surface area (TPSA) is 52.6 Å². The summed E-state index contributed by atoms with van der Waals surface area (Å²) in [7, 11) is 1.67. The third kappa shape index (κ3) is 3.61. The van der Waals surface area contributed by atoms with E-state index in [1.807, 2.05) is 0 Å². The number of halogens is 2. The van der Waals surface area contributed by atoms with Gasteiger partial charge in [0, 0.05) is 25.2 Å². The fraction of sp³-hybridized carbons (Fsp3) is 0.500. The van der Waals surface area contributed by atoms with Crippen molar-refractivity contribution in [3.8, 4) is 0 Å². The largest absolute Gasteiger partial charge is 0.393 e. The average Bonchev–Trinajstić information content (AvgIpc) is 2.79. The lowest BCUT2D eigenvalue weighted by molar-refractivity contribution is 0.116. The maximum absolute atomic E-state index is 13.0. The van der Waals surface area contributed by atoms with E-state index in [9.17, 15) is 14.3 Å². The number of anilines is 1. The molecule has 1 aliphatic rings. The quantitative estimate of drug-likeness (QED) is 0.901. The highest BCUT2D eigenvalue weighted by atomic mass is 35.5. The molecule has 1 aromatic rings. The third-order valence-corrected chi connectivity index (χ3v) is 3.93. The molecule has 2 atom stereocenters. The van der Waals surface area contributed by atoms with E-state index < -0.39 is 5.82 Å². The summed E-state index contributed by atoms with van der Waals surface area (Å²) in [5, 5.41) is 12.4. The SMILES string of the molecule is CN(CC1CCCC1O)C(=O)Nc1ccc(F)c(Cl)c1. The Morgan fingerprint density at radius 2 is 2.30 bits per heavy atom. The van der Waals surface area contributed by atoms with Crippen LogP contribution in [0.25, 0.3) is 0 Å². The highest BCUT2D eigenvalue weighted by Gasteiger charge is 2.27. The molecule has 0 spiro atoms. The van der Waals surface area contributed by atoms with Crippen molar-refractivity contribution in [2.45, 2.75) is 25.4 Å². The number of aliphatic hydroxyl groups is 1. The molecule has 110 valence electrons. The van der Waals surface area contributed by atoms with Crippen molar-refractivity contribution in [2.24, 2.45) is 5.92 Å². The zero-order chi connectivity index (χ0) is 14.7. The molecule has 2 amide bonds. The number of urea groups is 1. The minimum Gasteiger partial charge on any atom is -0.393 e. The van der Waals surface area contributed by atoms with Crippen LogP contribution in [-0.2, 0) is 0 Å². The number of carbonyl (C=O) groups is 1. The summed E-state index contributed by atoms with van der Waals surface area (Å²) in [6.07, 6.45) is 2.40. The van der Waals surface area contributed by atoms with Crippen LogP contribution in [0, 0.1) is 11.7 Å². The lowest BCUT2D eigenvalue weighted by Gasteiger charge is -2.23. The first kappa shape index (κ1) is 15.1. The highest BCUT2D eigenvalue weighted by molar-refractivity contribution is 6.31. The number of nitrogens with one attached hydrogen (secondary N) is 1. The number of hydrogen-bond donors (Lipinski definition) is 2. The van der Waals surface area contributed by atoms with Crippen molar-refractivity contribution >= 4 is 23.3 Å². The number of aliphatic hydroxyl groups excluding tert-OH is 1. The third-order valence-electron chi connectivity index (χ3n) is 3.64. The van der Waals surface area contributed by atoms with E-state index in [0.717, 1.165) is 19.3 Å². The van der Waals surface area contributed by atoms with Crippen molar-refractivity contribution < 1.29 is 14.3 Å². The van der Waals surface area contributed by atoms with Crippen LogP contribution in [0.15, 0.2) is 18.2 Å². The second kappa shape index (κ2) is 6.41. The maximum Gasteiger partial charge on any atom is 0.321 e. The Kier molecular flexibility index (Phi) is 4.83. The second-order valence-corrected chi connectivity index (χ2v) is 5.61. The van der Waals surface area contributed by atoms with Gasteiger partial charge in [-0.15, -0.1) is 0 Å². The Morgan fingerprint density at radius 3 is 2.90 bits per heavy atom. The van der Waals surface area contributed by atoms with Crippen LogP contribution in [0.1, 0.15) is 19.3 Å². The molecule has 0 radical (unpaired) electrons. The summed E-state index contributed by atoms with van der Waals surface area (Å²) in [6.45, 7) is 0.502. The molecule has 1 fully saturated rings. The van der Waals surface area contributed by atoms with Crippen LogP contribution in [0.2, 0.25) is 5.02 Å². The van der Waals surface area contributed by atoms with Gasteiger partial charge in [-0.05, 0) is 31.0 Å². The molecule has 0 saturated heterocycles. The zero-order valence-corrected chi connectivity index (χ0v) is 12.0. The second-order valence-electron chi connectivity index (χ2n) is 5.20. The van der Waals surface area contributed by atoms with E-state index in [-0.39, 0.29) is 23.1 Å². The maximum atomic E-state index is 13.0. The van der Waals surface area contributed by atoms with Crippen LogP contribution >= 0.6 is 11.6 Å². The molecule has 0 bridgehead atoms. The first-order valence-electron chi connectivity index (χ1n) is 6.62. The van der Waals surface area contributed by atoms with Crippen molar-refractivity contribution in [2.75, 3.05) is 18.9 Å². The Labute approximate surface area is 122 Å². The van der Waals surface area contributed by atoms with Crippen molar-refractivity contribution in [3.63, 3.8) is 0 Å². The highest BCUT2D eigenvalue weighted by Crippen LogP contribution is 2.26. The lowest BCUT2D eigenvalue weighted by atomic mass is 10.1.